The van der Waals surface area contributed by atoms with Crippen LogP contribution in [0.15, 0.2) is 24.4 Å². The lowest BCUT2D eigenvalue weighted by molar-refractivity contribution is 0.459. The number of aromatic nitrogens is 2. The summed E-state index contributed by atoms with van der Waals surface area (Å²) in [6.07, 6.45) is 6.75. The summed E-state index contributed by atoms with van der Waals surface area (Å²) in [5, 5.41) is 4.93. The molecule has 1 fully saturated rings. The van der Waals surface area contributed by atoms with Crippen molar-refractivity contribution in [3.63, 3.8) is 0 Å². The summed E-state index contributed by atoms with van der Waals surface area (Å²) in [5.41, 5.74) is 2.40. The predicted molar refractivity (Wildman–Crippen MR) is 87.7 cm³/mol. The fourth-order valence-corrected chi connectivity index (χ4v) is 3.76. The molecule has 2 heterocycles. The summed E-state index contributed by atoms with van der Waals surface area (Å²) in [7, 11) is 0. The van der Waals surface area contributed by atoms with Gasteiger partial charge in [0.25, 0.3) is 0 Å². The third-order valence-electron chi connectivity index (χ3n) is 4.10. The Hall–Kier alpha value is -1.26. The van der Waals surface area contributed by atoms with Crippen LogP contribution in [0.5, 0.6) is 0 Å². The Morgan fingerprint density at radius 2 is 2.19 bits per heavy atom. The van der Waals surface area contributed by atoms with E-state index in [2.05, 4.69) is 41.3 Å². The van der Waals surface area contributed by atoms with E-state index < -0.39 is 0 Å². The van der Waals surface area contributed by atoms with Crippen molar-refractivity contribution in [2.24, 2.45) is 5.92 Å². The number of nitrogens with zero attached hydrogens (tertiary/aromatic N) is 2. The van der Waals surface area contributed by atoms with Gasteiger partial charge in [-0.3, -0.25) is 4.98 Å². The van der Waals surface area contributed by atoms with Crippen LogP contribution in [0.3, 0.4) is 0 Å². The maximum Gasteiger partial charge on any atom is 0.0900 e. The first-order valence-electron chi connectivity index (χ1n) is 7.78. The number of thiazole rings is 1. The van der Waals surface area contributed by atoms with E-state index in [4.69, 9.17) is 0 Å². The van der Waals surface area contributed by atoms with Crippen LogP contribution < -0.4 is 5.32 Å². The highest BCUT2D eigenvalue weighted by molar-refractivity contribution is 7.11. The van der Waals surface area contributed by atoms with Crippen LogP contribution in [-0.4, -0.2) is 22.6 Å². The van der Waals surface area contributed by atoms with Crippen molar-refractivity contribution >= 4 is 11.3 Å². The number of pyridine rings is 1. The number of hydrogen-bond acceptors (Lipinski definition) is 4. The van der Waals surface area contributed by atoms with Gasteiger partial charge in [0.15, 0.2) is 0 Å². The van der Waals surface area contributed by atoms with Gasteiger partial charge in [0.2, 0.25) is 0 Å². The largest absolute Gasteiger partial charge is 0.313 e. The van der Waals surface area contributed by atoms with E-state index in [1.807, 2.05) is 23.6 Å². The fourth-order valence-electron chi connectivity index (χ4n) is 2.82. The second kappa shape index (κ2) is 6.67. The van der Waals surface area contributed by atoms with Crippen LogP contribution in [-0.2, 0) is 12.8 Å². The van der Waals surface area contributed by atoms with Crippen molar-refractivity contribution in [3.8, 4) is 0 Å². The van der Waals surface area contributed by atoms with Crippen molar-refractivity contribution in [1.29, 1.82) is 0 Å². The topological polar surface area (TPSA) is 37.8 Å². The van der Waals surface area contributed by atoms with Crippen LogP contribution in [0.25, 0.3) is 0 Å². The summed E-state index contributed by atoms with van der Waals surface area (Å²) in [6, 6.07) is 6.77. The van der Waals surface area contributed by atoms with Gasteiger partial charge in [-0.25, -0.2) is 4.98 Å². The average Bonchev–Trinajstić information content (AvgIpc) is 3.26. The third kappa shape index (κ3) is 4.11. The van der Waals surface area contributed by atoms with E-state index in [0.29, 0.717) is 6.04 Å². The summed E-state index contributed by atoms with van der Waals surface area (Å²) in [6.45, 7) is 5.24. The van der Waals surface area contributed by atoms with Crippen molar-refractivity contribution in [2.45, 2.75) is 45.6 Å². The lowest BCUT2D eigenvalue weighted by atomic mass is 10.1. The number of rotatable bonds is 7. The molecule has 3 nitrogen and oxygen atoms in total. The van der Waals surface area contributed by atoms with E-state index in [1.54, 1.807) is 0 Å². The molecule has 1 aliphatic carbocycles. The van der Waals surface area contributed by atoms with Gasteiger partial charge < -0.3 is 5.32 Å². The second-order valence-electron chi connectivity index (χ2n) is 5.91. The van der Waals surface area contributed by atoms with Gasteiger partial charge in [0, 0.05) is 35.8 Å². The zero-order valence-electron chi connectivity index (χ0n) is 12.8. The first-order valence-corrected chi connectivity index (χ1v) is 8.60. The van der Waals surface area contributed by atoms with Crippen LogP contribution in [0.4, 0.5) is 0 Å². The molecule has 0 spiro atoms. The maximum atomic E-state index is 4.50. The minimum Gasteiger partial charge on any atom is -0.313 e. The zero-order chi connectivity index (χ0) is 14.7. The first kappa shape index (κ1) is 14.7. The normalized spacial score (nSPS) is 16.1. The summed E-state index contributed by atoms with van der Waals surface area (Å²) in [5.74, 6) is 0.844. The fraction of sp³-hybridized carbons (Fsp3) is 0.529. The molecule has 0 radical (unpaired) electrons. The SMILES string of the molecule is Cc1nc(C)c(CCNC(Cc2ccccn2)C2CC2)s1. The Morgan fingerprint density at radius 1 is 1.33 bits per heavy atom. The van der Waals surface area contributed by atoms with Crippen molar-refractivity contribution in [1.82, 2.24) is 15.3 Å². The molecule has 2 aromatic rings. The number of aryl methyl sites for hydroxylation is 2. The Labute approximate surface area is 130 Å². The molecule has 3 rings (SSSR count). The van der Waals surface area contributed by atoms with Gasteiger partial charge in [0.1, 0.15) is 0 Å². The molecule has 1 N–H and O–H groups in total. The van der Waals surface area contributed by atoms with Crippen LogP contribution in [0, 0.1) is 19.8 Å². The maximum absolute atomic E-state index is 4.50. The van der Waals surface area contributed by atoms with Crippen molar-refractivity contribution < 1.29 is 0 Å². The summed E-state index contributed by atoms with van der Waals surface area (Å²) >= 11 is 1.83. The van der Waals surface area contributed by atoms with Crippen molar-refractivity contribution in [3.05, 3.63) is 45.7 Å². The molecule has 0 saturated heterocycles. The van der Waals surface area contributed by atoms with Crippen LogP contribution in [0.2, 0.25) is 0 Å². The van der Waals surface area contributed by atoms with Crippen LogP contribution in [0.1, 0.15) is 34.1 Å². The summed E-state index contributed by atoms with van der Waals surface area (Å²) < 4.78 is 0. The number of nitrogens with one attached hydrogen (secondary N) is 1. The lowest BCUT2D eigenvalue weighted by Gasteiger charge is -2.17. The van der Waals surface area contributed by atoms with Gasteiger partial charge >= 0.3 is 0 Å². The molecule has 2 aromatic heterocycles. The molecule has 1 unspecified atom stereocenters. The minimum atomic E-state index is 0.578. The predicted octanol–water partition coefficient (Wildman–Crippen LogP) is 3.31. The van der Waals surface area contributed by atoms with E-state index in [0.717, 1.165) is 25.3 Å². The highest BCUT2D eigenvalue weighted by atomic mass is 32.1. The van der Waals surface area contributed by atoms with Gasteiger partial charge in [-0.1, -0.05) is 6.07 Å². The van der Waals surface area contributed by atoms with Gasteiger partial charge in [-0.05, 0) is 51.2 Å². The van der Waals surface area contributed by atoms with Gasteiger partial charge in [-0.2, -0.15) is 0 Å². The smallest absolute Gasteiger partial charge is 0.0900 e. The quantitative estimate of drug-likeness (QED) is 0.852. The molecule has 112 valence electrons. The molecular formula is C17H23N3S. The van der Waals surface area contributed by atoms with Crippen molar-refractivity contribution in [2.75, 3.05) is 6.54 Å². The van der Waals surface area contributed by atoms with E-state index >= 15 is 0 Å². The third-order valence-corrected chi connectivity index (χ3v) is 5.24. The summed E-state index contributed by atoms with van der Waals surface area (Å²) in [4.78, 5) is 10.4. The Balaban J connectivity index is 1.53. The molecule has 1 saturated carbocycles. The number of hydrogen-bond donors (Lipinski definition) is 1. The van der Waals surface area contributed by atoms with Gasteiger partial charge in [0.05, 0.1) is 10.7 Å². The Bertz CT molecular complexity index is 575. The van der Waals surface area contributed by atoms with Crippen LogP contribution >= 0.6 is 11.3 Å². The first-order chi connectivity index (χ1) is 10.2. The molecule has 1 atom stereocenters. The van der Waals surface area contributed by atoms with Gasteiger partial charge in [-0.15, -0.1) is 11.3 Å². The molecule has 4 heteroatoms. The average molecular weight is 301 g/mol. The molecule has 0 aromatic carbocycles. The standard InChI is InChI=1S/C17H23N3S/c1-12-17(21-13(2)20-12)8-10-19-16(14-6-7-14)11-15-5-3-4-9-18-15/h3-5,9,14,16,19H,6-8,10-11H2,1-2H3. The van der Waals surface area contributed by atoms with E-state index in [1.165, 1.54) is 34.1 Å². The highest BCUT2D eigenvalue weighted by Crippen LogP contribution is 2.34. The molecule has 21 heavy (non-hydrogen) atoms. The lowest BCUT2D eigenvalue weighted by Crippen LogP contribution is -2.34. The Morgan fingerprint density at radius 3 is 2.81 bits per heavy atom. The highest BCUT2D eigenvalue weighted by Gasteiger charge is 2.31. The Kier molecular flexibility index (Phi) is 4.66. The minimum absolute atomic E-state index is 0.578. The molecule has 1 aliphatic rings. The molecule has 0 aliphatic heterocycles. The molecule has 0 amide bonds. The van der Waals surface area contributed by atoms with E-state index in [-0.39, 0.29) is 0 Å². The molecular weight excluding hydrogens is 278 g/mol. The monoisotopic (exact) mass is 301 g/mol. The molecule has 0 bridgehead atoms. The zero-order valence-corrected chi connectivity index (χ0v) is 13.6. The second-order valence-corrected chi connectivity index (χ2v) is 7.20. The van der Waals surface area contributed by atoms with E-state index in [9.17, 15) is 0 Å².